The van der Waals surface area contributed by atoms with Crippen molar-refractivity contribution in [2.24, 2.45) is 5.10 Å². The largest absolute Gasteiger partial charge is 0.508 e. The lowest BCUT2D eigenvalue weighted by Crippen LogP contribution is -2.24. The number of phenols is 1. The molecule has 0 spiro atoms. The first-order valence-electron chi connectivity index (χ1n) is 7.05. The smallest absolute Gasteiger partial charge is 0.311 e. The predicted octanol–water partition coefficient (Wildman–Crippen LogP) is 2.90. The normalized spacial score (nSPS) is 10.6. The van der Waals surface area contributed by atoms with E-state index in [1.807, 2.05) is 0 Å². The number of hydrogen-bond acceptors (Lipinski definition) is 6. The lowest BCUT2D eigenvalue weighted by molar-refractivity contribution is -0.385. The first-order valence-corrected chi connectivity index (χ1v) is 7.84. The number of carbonyl (C=O) groups is 1. The number of benzene rings is 2. The molecule has 2 aromatic rings. The van der Waals surface area contributed by atoms with Crippen molar-refractivity contribution in [3.63, 3.8) is 0 Å². The Bertz CT molecular complexity index is 839. The lowest BCUT2D eigenvalue weighted by Gasteiger charge is -2.06. The average Bonchev–Trinajstić information content (AvgIpc) is 2.56. The van der Waals surface area contributed by atoms with Crippen molar-refractivity contribution in [2.45, 2.75) is 6.92 Å². The van der Waals surface area contributed by atoms with Crippen LogP contribution in [0.1, 0.15) is 11.1 Å². The van der Waals surface area contributed by atoms with Crippen molar-refractivity contribution >= 4 is 33.7 Å². The second-order valence-electron chi connectivity index (χ2n) is 5.02. The number of nitro benzene ring substituents is 1. The SMILES string of the molecule is Cc1ccc(OCC(=O)N/N=C/c2cc(O)ccc2Br)c([N+](=O)[O-])c1. The number of nitro groups is 1. The Kier molecular flexibility index (Phi) is 6.07. The molecule has 25 heavy (non-hydrogen) atoms. The van der Waals surface area contributed by atoms with Crippen LogP contribution in [0.3, 0.4) is 0 Å². The van der Waals surface area contributed by atoms with E-state index >= 15 is 0 Å². The monoisotopic (exact) mass is 407 g/mol. The summed E-state index contributed by atoms with van der Waals surface area (Å²) in [5.74, 6) is -0.515. The van der Waals surface area contributed by atoms with E-state index in [1.54, 1.807) is 19.1 Å². The summed E-state index contributed by atoms with van der Waals surface area (Å²) in [4.78, 5) is 22.1. The summed E-state index contributed by atoms with van der Waals surface area (Å²) in [6, 6.07) is 9.06. The number of rotatable bonds is 6. The molecule has 0 bridgehead atoms. The number of halogens is 1. The first kappa shape index (κ1) is 18.4. The van der Waals surface area contributed by atoms with Crippen LogP contribution in [0.4, 0.5) is 5.69 Å². The molecule has 0 heterocycles. The molecule has 0 atom stereocenters. The molecular weight excluding hydrogens is 394 g/mol. The number of amides is 1. The third-order valence-corrected chi connectivity index (χ3v) is 3.76. The molecule has 0 aliphatic carbocycles. The van der Waals surface area contributed by atoms with Gasteiger partial charge in [0.2, 0.25) is 0 Å². The number of aromatic hydroxyl groups is 1. The molecule has 0 saturated heterocycles. The molecule has 2 rings (SSSR count). The fraction of sp³-hybridized carbons (Fsp3) is 0.125. The highest BCUT2D eigenvalue weighted by molar-refractivity contribution is 9.10. The lowest BCUT2D eigenvalue weighted by atomic mass is 10.2. The maximum atomic E-state index is 11.7. The van der Waals surface area contributed by atoms with Gasteiger partial charge in [-0.25, -0.2) is 5.43 Å². The first-order chi connectivity index (χ1) is 11.9. The predicted molar refractivity (Wildman–Crippen MR) is 94.9 cm³/mol. The maximum Gasteiger partial charge on any atom is 0.311 e. The Morgan fingerprint density at radius 2 is 2.16 bits per heavy atom. The molecule has 0 aromatic heterocycles. The summed E-state index contributed by atoms with van der Waals surface area (Å²) in [7, 11) is 0. The summed E-state index contributed by atoms with van der Waals surface area (Å²) in [6.45, 7) is 1.29. The van der Waals surface area contributed by atoms with Crippen LogP contribution in [-0.4, -0.2) is 28.8 Å². The highest BCUT2D eigenvalue weighted by Crippen LogP contribution is 2.27. The van der Waals surface area contributed by atoms with Gasteiger partial charge in [0.05, 0.1) is 11.1 Å². The van der Waals surface area contributed by atoms with Crippen molar-refractivity contribution < 1.29 is 19.6 Å². The number of phenolic OH excluding ortho intramolecular Hbond substituents is 1. The van der Waals surface area contributed by atoms with Gasteiger partial charge in [0.1, 0.15) is 5.75 Å². The van der Waals surface area contributed by atoms with Crippen molar-refractivity contribution in [3.8, 4) is 11.5 Å². The Balaban J connectivity index is 1.94. The molecule has 0 radical (unpaired) electrons. The molecule has 0 aliphatic rings. The maximum absolute atomic E-state index is 11.7. The number of carbonyl (C=O) groups excluding carboxylic acids is 1. The summed E-state index contributed by atoms with van der Waals surface area (Å²) in [5.41, 5.74) is 3.31. The summed E-state index contributed by atoms with van der Waals surface area (Å²) in [6.07, 6.45) is 1.34. The van der Waals surface area contributed by atoms with Crippen LogP contribution in [0, 0.1) is 17.0 Å². The highest BCUT2D eigenvalue weighted by atomic mass is 79.9. The molecule has 0 unspecified atom stereocenters. The Morgan fingerprint density at radius 1 is 1.40 bits per heavy atom. The summed E-state index contributed by atoms with van der Waals surface area (Å²) in [5, 5.41) is 24.1. The number of hydrazone groups is 1. The quantitative estimate of drug-likeness (QED) is 0.434. The van der Waals surface area contributed by atoms with Gasteiger partial charge in [-0.05, 0) is 36.8 Å². The van der Waals surface area contributed by atoms with Crippen LogP contribution >= 0.6 is 15.9 Å². The molecule has 0 aliphatic heterocycles. The van der Waals surface area contributed by atoms with Crippen LogP contribution in [0.2, 0.25) is 0 Å². The van der Waals surface area contributed by atoms with Crippen LogP contribution < -0.4 is 10.2 Å². The van der Waals surface area contributed by atoms with Crippen molar-refractivity contribution in [3.05, 3.63) is 62.1 Å². The zero-order valence-electron chi connectivity index (χ0n) is 13.1. The van der Waals surface area contributed by atoms with Gasteiger partial charge in [-0.1, -0.05) is 22.0 Å². The fourth-order valence-electron chi connectivity index (χ4n) is 1.87. The van der Waals surface area contributed by atoms with Gasteiger partial charge in [-0.2, -0.15) is 5.10 Å². The van der Waals surface area contributed by atoms with E-state index in [2.05, 4.69) is 26.5 Å². The third-order valence-electron chi connectivity index (χ3n) is 3.04. The van der Waals surface area contributed by atoms with Gasteiger partial charge in [0.15, 0.2) is 12.4 Å². The van der Waals surface area contributed by atoms with Crippen LogP contribution in [0.25, 0.3) is 0 Å². The number of nitrogens with zero attached hydrogens (tertiary/aromatic N) is 2. The van der Waals surface area contributed by atoms with E-state index in [9.17, 15) is 20.0 Å². The third kappa shape index (κ3) is 5.28. The van der Waals surface area contributed by atoms with E-state index in [4.69, 9.17) is 4.74 Å². The van der Waals surface area contributed by atoms with E-state index in [-0.39, 0.29) is 17.2 Å². The molecule has 2 N–H and O–H groups in total. The van der Waals surface area contributed by atoms with Crippen LogP contribution in [-0.2, 0) is 4.79 Å². The molecule has 130 valence electrons. The molecule has 9 heteroatoms. The number of nitrogens with one attached hydrogen (secondary N) is 1. The van der Waals surface area contributed by atoms with E-state index in [0.29, 0.717) is 15.6 Å². The van der Waals surface area contributed by atoms with Crippen LogP contribution in [0.5, 0.6) is 11.5 Å². The Labute approximate surface area is 151 Å². The summed E-state index contributed by atoms with van der Waals surface area (Å²) >= 11 is 3.28. The van der Waals surface area contributed by atoms with Gasteiger partial charge >= 0.3 is 5.69 Å². The molecule has 0 saturated carbocycles. The second kappa shape index (κ2) is 8.25. The average molecular weight is 408 g/mol. The van der Waals surface area contributed by atoms with Gasteiger partial charge in [-0.3, -0.25) is 14.9 Å². The van der Waals surface area contributed by atoms with E-state index in [1.165, 1.54) is 30.5 Å². The molecule has 8 nitrogen and oxygen atoms in total. The van der Waals surface area contributed by atoms with Gasteiger partial charge < -0.3 is 9.84 Å². The number of ether oxygens (including phenoxy) is 1. The van der Waals surface area contributed by atoms with Gasteiger partial charge in [0, 0.05) is 16.1 Å². The Hall–Kier alpha value is -2.94. The van der Waals surface area contributed by atoms with Crippen molar-refractivity contribution in [1.82, 2.24) is 5.43 Å². The van der Waals surface area contributed by atoms with Gasteiger partial charge in [-0.15, -0.1) is 0 Å². The minimum Gasteiger partial charge on any atom is -0.508 e. The molecule has 2 aromatic carbocycles. The highest BCUT2D eigenvalue weighted by Gasteiger charge is 2.16. The fourth-order valence-corrected chi connectivity index (χ4v) is 2.22. The second-order valence-corrected chi connectivity index (χ2v) is 5.87. The van der Waals surface area contributed by atoms with E-state index < -0.39 is 17.4 Å². The zero-order chi connectivity index (χ0) is 18.4. The minimum atomic E-state index is -0.581. The van der Waals surface area contributed by atoms with Crippen molar-refractivity contribution in [2.75, 3.05) is 6.61 Å². The topological polar surface area (TPSA) is 114 Å². The van der Waals surface area contributed by atoms with E-state index in [0.717, 1.165) is 0 Å². The molecule has 0 fully saturated rings. The van der Waals surface area contributed by atoms with Gasteiger partial charge in [0.25, 0.3) is 5.91 Å². The Morgan fingerprint density at radius 3 is 2.88 bits per heavy atom. The standard InChI is InChI=1S/C16H14BrN3O5/c1-10-2-5-15(14(6-10)20(23)24)25-9-16(22)19-18-8-11-7-12(21)3-4-13(11)17/h2-8,21H,9H2,1H3,(H,19,22)/b18-8+. The van der Waals surface area contributed by atoms with Crippen LogP contribution in [0.15, 0.2) is 46.0 Å². The number of hydrogen-bond donors (Lipinski definition) is 2. The molecule has 1 amide bonds. The van der Waals surface area contributed by atoms with Crippen molar-refractivity contribution in [1.29, 1.82) is 0 Å². The number of aryl methyl sites for hydroxylation is 1. The minimum absolute atomic E-state index is 0.00505. The summed E-state index contributed by atoms with van der Waals surface area (Å²) < 4.78 is 5.87. The molecular formula is C16H14BrN3O5. The zero-order valence-corrected chi connectivity index (χ0v) is 14.7.